The first-order valence-electron chi connectivity index (χ1n) is 9.46. The molecule has 6 heteroatoms. The molecule has 6 nitrogen and oxygen atoms in total. The first-order chi connectivity index (χ1) is 13.6. The largest absolute Gasteiger partial charge is 0.387 e. The van der Waals surface area contributed by atoms with Gasteiger partial charge in [-0.2, -0.15) is 0 Å². The summed E-state index contributed by atoms with van der Waals surface area (Å²) >= 11 is 0. The number of amides is 1. The highest BCUT2D eigenvalue weighted by molar-refractivity contribution is 5.95. The molecule has 0 radical (unpaired) electrons. The van der Waals surface area contributed by atoms with Crippen LogP contribution in [0.4, 0.5) is 0 Å². The average Bonchev–Trinajstić information content (AvgIpc) is 3.28. The molecule has 1 aliphatic rings. The first kappa shape index (κ1) is 18.4. The molecule has 1 aromatic heterocycles. The molecular formula is C22H23N3O3. The Labute approximate surface area is 163 Å². The van der Waals surface area contributed by atoms with Crippen molar-refractivity contribution in [2.24, 2.45) is 0 Å². The van der Waals surface area contributed by atoms with E-state index in [1.165, 1.54) is 0 Å². The van der Waals surface area contributed by atoms with Crippen LogP contribution >= 0.6 is 0 Å². The quantitative estimate of drug-likeness (QED) is 0.636. The van der Waals surface area contributed by atoms with Crippen LogP contribution in [0, 0.1) is 0 Å². The number of piperidine rings is 1. The van der Waals surface area contributed by atoms with Crippen molar-refractivity contribution in [2.75, 3.05) is 19.6 Å². The molecule has 0 spiro atoms. The number of nitrogens with zero attached hydrogens (tertiary/aromatic N) is 1. The number of aliphatic hydroxyl groups is 1. The number of nitrogens with one attached hydrogen (secondary N) is 2. The minimum Gasteiger partial charge on any atom is -0.387 e. The number of benzene rings is 2. The van der Waals surface area contributed by atoms with E-state index in [0.717, 1.165) is 35.4 Å². The van der Waals surface area contributed by atoms with Crippen molar-refractivity contribution in [3.05, 3.63) is 66.4 Å². The number of hydrogen-bond donors (Lipinski definition) is 3. The van der Waals surface area contributed by atoms with Crippen LogP contribution in [-0.2, 0) is 0 Å². The second-order valence-electron chi connectivity index (χ2n) is 7.22. The van der Waals surface area contributed by atoms with Gasteiger partial charge in [0.05, 0.1) is 11.8 Å². The molecule has 0 bridgehead atoms. The fraction of sp³-hybridized carbons (Fsp3) is 0.273. The minimum atomic E-state index is -0.873. The smallest absolute Gasteiger partial charge is 0.251 e. The second-order valence-corrected chi connectivity index (χ2v) is 7.22. The lowest BCUT2D eigenvalue weighted by Crippen LogP contribution is -2.52. The summed E-state index contributed by atoms with van der Waals surface area (Å²) in [6.45, 7) is 1.66. The summed E-state index contributed by atoms with van der Waals surface area (Å²) in [5.74, 6) is 0.536. The number of aromatic nitrogens is 1. The molecule has 0 unspecified atom stereocenters. The van der Waals surface area contributed by atoms with Crippen molar-refractivity contribution in [2.45, 2.75) is 18.4 Å². The summed E-state index contributed by atoms with van der Waals surface area (Å²) < 4.78 is 5.17. The zero-order valence-electron chi connectivity index (χ0n) is 15.5. The van der Waals surface area contributed by atoms with Crippen LogP contribution in [0.25, 0.3) is 22.5 Å². The molecule has 3 N–H and O–H groups in total. The van der Waals surface area contributed by atoms with Gasteiger partial charge in [-0.15, -0.1) is 0 Å². The van der Waals surface area contributed by atoms with E-state index in [1.54, 1.807) is 12.3 Å². The van der Waals surface area contributed by atoms with Crippen molar-refractivity contribution in [1.82, 2.24) is 15.8 Å². The molecule has 0 aliphatic carbocycles. The number of carbonyl (C=O) groups excluding carboxylic acids is 1. The fourth-order valence-corrected chi connectivity index (χ4v) is 3.48. The Morgan fingerprint density at radius 3 is 2.68 bits per heavy atom. The summed E-state index contributed by atoms with van der Waals surface area (Å²) in [6, 6.07) is 17.2. The van der Waals surface area contributed by atoms with Gasteiger partial charge in [0.2, 0.25) is 0 Å². The molecule has 4 rings (SSSR count). The molecule has 2 aromatic carbocycles. The van der Waals surface area contributed by atoms with Crippen LogP contribution < -0.4 is 10.6 Å². The van der Waals surface area contributed by atoms with Crippen LogP contribution in [-0.4, -0.2) is 41.4 Å². The molecule has 144 valence electrons. The van der Waals surface area contributed by atoms with Crippen molar-refractivity contribution >= 4 is 5.91 Å². The standard InChI is InChI=1S/C22H23N3O3/c26-21(24-15-22(27)10-2-11-23-14-22)19-4-1-3-18(13-19)16-5-7-17(8-6-16)20-9-12-25-28-20/h1,3-9,12-13,23,27H,2,10-11,14-15H2,(H,24,26)/t22-/m1/s1. The lowest BCUT2D eigenvalue weighted by Gasteiger charge is -2.32. The maximum absolute atomic E-state index is 12.6. The van der Waals surface area contributed by atoms with E-state index in [-0.39, 0.29) is 12.5 Å². The Bertz CT molecular complexity index is 930. The maximum atomic E-state index is 12.6. The van der Waals surface area contributed by atoms with Gasteiger partial charge in [-0.1, -0.05) is 41.6 Å². The van der Waals surface area contributed by atoms with Gasteiger partial charge in [-0.05, 0) is 42.6 Å². The van der Waals surface area contributed by atoms with E-state index in [9.17, 15) is 9.90 Å². The van der Waals surface area contributed by atoms with Gasteiger partial charge < -0.3 is 20.3 Å². The third-order valence-electron chi connectivity index (χ3n) is 5.09. The molecule has 28 heavy (non-hydrogen) atoms. The van der Waals surface area contributed by atoms with Gasteiger partial charge in [-0.3, -0.25) is 4.79 Å². The molecule has 1 saturated heterocycles. The number of hydrogen-bond acceptors (Lipinski definition) is 5. The van der Waals surface area contributed by atoms with Crippen LogP contribution in [0.5, 0.6) is 0 Å². The van der Waals surface area contributed by atoms with Gasteiger partial charge in [0.25, 0.3) is 5.91 Å². The Kier molecular flexibility index (Phi) is 5.23. The van der Waals surface area contributed by atoms with E-state index in [2.05, 4.69) is 15.8 Å². The van der Waals surface area contributed by atoms with Crippen LogP contribution in [0.1, 0.15) is 23.2 Å². The highest BCUT2D eigenvalue weighted by Crippen LogP contribution is 2.25. The first-order valence-corrected chi connectivity index (χ1v) is 9.46. The zero-order valence-corrected chi connectivity index (χ0v) is 15.5. The normalized spacial score (nSPS) is 19.3. The van der Waals surface area contributed by atoms with Gasteiger partial charge >= 0.3 is 0 Å². The van der Waals surface area contributed by atoms with Crippen molar-refractivity contribution < 1.29 is 14.4 Å². The molecule has 1 amide bonds. The summed E-state index contributed by atoms with van der Waals surface area (Å²) in [6.07, 6.45) is 3.22. The van der Waals surface area contributed by atoms with Crippen LogP contribution in [0.15, 0.2) is 65.3 Å². The van der Waals surface area contributed by atoms with Gasteiger partial charge in [0, 0.05) is 30.3 Å². The highest BCUT2D eigenvalue weighted by Gasteiger charge is 2.29. The van der Waals surface area contributed by atoms with E-state index in [4.69, 9.17) is 4.52 Å². The summed E-state index contributed by atoms with van der Waals surface area (Å²) in [5.41, 5.74) is 2.61. The Morgan fingerprint density at radius 1 is 1.14 bits per heavy atom. The SMILES string of the molecule is O=C(NC[C@@]1(O)CCCNC1)c1cccc(-c2ccc(-c3ccno3)cc2)c1. The van der Waals surface area contributed by atoms with Gasteiger partial charge in [-0.25, -0.2) is 0 Å². The molecule has 1 atom stereocenters. The Balaban J connectivity index is 1.45. The van der Waals surface area contributed by atoms with Crippen LogP contribution in [0.2, 0.25) is 0 Å². The molecule has 1 fully saturated rings. The predicted molar refractivity (Wildman–Crippen MR) is 107 cm³/mol. The summed E-state index contributed by atoms with van der Waals surface area (Å²) in [7, 11) is 0. The molecular weight excluding hydrogens is 354 g/mol. The predicted octanol–water partition coefficient (Wildman–Crippen LogP) is 2.85. The van der Waals surface area contributed by atoms with E-state index in [0.29, 0.717) is 18.5 Å². The van der Waals surface area contributed by atoms with E-state index < -0.39 is 5.60 Å². The van der Waals surface area contributed by atoms with E-state index in [1.807, 2.05) is 48.5 Å². The fourth-order valence-electron chi connectivity index (χ4n) is 3.48. The lowest BCUT2D eigenvalue weighted by molar-refractivity contribution is 0.0170. The summed E-state index contributed by atoms with van der Waals surface area (Å²) in [4.78, 5) is 12.6. The topological polar surface area (TPSA) is 87.4 Å². The van der Waals surface area contributed by atoms with E-state index >= 15 is 0 Å². The second kappa shape index (κ2) is 7.96. The number of rotatable bonds is 5. The number of carbonyl (C=O) groups is 1. The molecule has 1 aliphatic heterocycles. The van der Waals surface area contributed by atoms with Gasteiger partial charge in [0.1, 0.15) is 0 Å². The highest BCUT2D eigenvalue weighted by atomic mass is 16.5. The average molecular weight is 377 g/mol. The maximum Gasteiger partial charge on any atom is 0.251 e. The van der Waals surface area contributed by atoms with Crippen LogP contribution in [0.3, 0.4) is 0 Å². The summed E-state index contributed by atoms with van der Waals surface area (Å²) in [5, 5.41) is 20.3. The number of β-amino-alcohol motifs (C(OH)–C–C–N with tert-alkyl or cyclic N) is 1. The Hall–Kier alpha value is -2.96. The van der Waals surface area contributed by atoms with Gasteiger partial charge in [0.15, 0.2) is 5.76 Å². The van der Waals surface area contributed by atoms with Crippen molar-refractivity contribution in [3.63, 3.8) is 0 Å². The Morgan fingerprint density at radius 2 is 1.96 bits per heavy atom. The molecule has 2 heterocycles. The lowest BCUT2D eigenvalue weighted by atomic mass is 9.94. The third-order valence-corrected chi connectivity index (χ3v) is 5.09. The van der Waals surface area contributed by atoms with Crippen molar-refractivity contribution in [3.8, 4) is 22.5 Å². The third kappa shape index (κ3) is 4.13. The molecule has 3 aromatic rings. The van der Waals surface area contributed by atoms with Crippen molar-refractivity contribution in [1.29, 1.82) is 0 Å². The monoisotopic (exact) mass is 377 g/mol. The minimum absolute atomic E-state index is 0.181. The zero-order chi connectivity index (χ0) is 19.4. The molecule has 0 saturated carbocycles.